The van der Waals surface area contributed by atoms with E-state index in [-0.39, 0.29) is 30.4 Å². The van der Waals surface area contributed by atoms with Gasteiger partial charge in [0.1, 0.15) is 18.7 Å². The number of aromatic nitrogens is 1. The van der Waals surface area contributed by atoms with Crippen molar-refractivity contribution < 1.29 is 24.2 Å². The van der Waals surface area contributed by atoms with E-state index in [0.29, 0.717) is 5.56 Å². The molecule has 33 heavy (non-hydrogen) atoms. The normalized spacial score (nSPS) is 12.7. The van der Waals surface area contributed by atoms with Crippen LogP contribution in [-0.2, 0) is 16.0 Å². The molecule has 8 nitrogen and oxygen atoms in total. The van der Waals surface area contributed by atoms with Crippen molar-refractivity contribution in [2.45, 2.75) is 18.4 Å². The number of carboxylic acids is 1. The zero-order valence-electron chi connectivity index (χ0n) is 17.8. The number of alkyl carbamates (subject to hydrolysis) is 1. The Kier molecular flexibility index (Phi) is 6.22. The van der Waals surface area contributed by atoms with Crippen molar-refractivity contribution in [2.24, 2.45) is 0 Å². The van der Waals surface area contributed by atoms with Crippen LogP contribution in [0.5, 0.6) is 5.75 Å². The lowest BCUT2D eigenvalue weighted by Crippen LogP contribution is -2.43. The maximum Gasteiger partial charge on any atom is 0.407 e. The van der Waals surface area contributed by atoms with Crippen LogP contribution in [0, 0.1) is 11.3 Å². The lowest BCUT2D eigenvalue weighted by molar-refractivity contribution is -0.139. The van der Waals surface area contributed by atoms with E-state index in [2.05, 4.69) is 10.3 Å². The van der Waals surface area contributed by atoms with Crippen LogP contribution in [0.1, 0.15) is 28.3 Å². The molecule has 2 N–H and O–H groups in total. The molecule has 0 spiro atoms. The number of nitriles is 1. The summed E-state index contributed by atoms with van der Waals surface area (Å²) in [5.41, 5.74) is 4.93. The molecule has 0 aliphatic heterocycles. The summed E-state index contributed by atoms with van der Waals surface area (Å²) in [4.78, 5) is 28.2. The van der Waals surface area contributed by atoms with Gasteiger partial charge in [-0.15, -0.1) is 0 Å². The highest BCUT2D eigenvalue weighted by molar-refractivity contribution is 5.81. The quantitative estimate of drug-likeness (QED) is 0.573. The number of nitrogens with one attached hydrogen (secondary N) is 1. The summed E-state index contributed by atoms with van der Waals surface area (Å²) in [5, 5.41) is 21.0. The lowest BCUT2D eigenvalue weighted by Gasteiger charge is -2.17. The largest absolute Gasteiger partial charge is 0.494 e. The Bertz CT molecular complexity index is 1210. The minimum Gasteiger partial charge on any atom is -0.494 e. The smallest absolute Gasteiger partial charge is 0.407 e. The standard InChI is InChI=1S/C25H21N3O5/c1-32-23-11-15(13-27-22(23)12-26)10-21(24(29)30)28-25(31)33-14-20-18-8-4-2-6-16(18)17-7-3-5-9-19(17)20/h2-9,11,13,20-21H,10,14H2,1H3,(H,28,31)(H,29,30). The first-order valence-corrected chi connectivity index (χ1v) is 10.3. The zero-order valence-corrected chi connectivity index (χ0v) is 17.8. The highest BCUT2D eigenvalue weighted by atomic mass is 16.5. The van der Waals surface area contributed by atoms with E-state index in [4.69, 9.17) is 14.7 Å². The second-order valence-corrected chi connectivity index (χ2v) is 7.57. The van der Waals surface area contributed by atoms with Gasteiger partial charge in [-0.25, -0.2) is 14.6 Å². The van der Waals surface area contributed by atoms with Crippen molar-refractivity contribution in [1.29, 1.82) is 5.26 Å². The Morgan fingerprint density at radius 1 is 1.15 bits per heavy atom. The number of rotatable bonds is 7. The van der Waals surface area contributed by atoms with E-state index in [9.17, 15) is 14.7 Å². The maximum atomic E-state index is 12.5. The predicted octanol–water partition coefficient (Wildman–Crippen LogP) is 3.50. The first-order chi connectivity index (χ1) is 16.0. The van der Waals surface area contributed by atoms with E-state index in [1.165, 1.54) is 19.4 Å². The second kappa shape index (κ2) is 9.40. The van der Waals surface area contributed by atoms with Gasteiger partial charge in [-0.05, 0) is 33.9 Å². The monoisotopic (exact) mass is 443 g/mol. The average Bonchev–Trinajstić information content (AvgIpc) is 3.16. The molecule has 3 aromatic rings. The molecule has 8 heteroatoms. The fraction of sp³-hybridized carbons (Fsp3) is 0.200. The number of carbonyl (C=O) groups is 2. The van der Waals surface area contributed by atoms with Gasteiger partial charge in [0.05, 0.1) is 7.11 Å². The van der Waals surface area contributed by atoms with Crippen molar-refractivity contribution in [2.75, 3.05) is 13.7 Å². The zero-order chi connectivity index (χ0) is 23.4. The van der Waals surface area contributed by atoms with Gasteiger partial charge in [-0.1, -0.05) is 48.5 Å². The van der Waals surface area contributed by atoms with Crippen molar-refractivity contribution >= 4 is 12.1 Å². The van der Waals surface area contributed by atoms with Crippen molar-refractivity contribution in [3.63, 3.8) is 0 Å². The van der Waals surface area contributed by atoms with Gasteiger partial charge in [0.25, 0.3) is 0 Å². The number of hydrogen-bond donors (Lipinski definition) is 2. The number of carboxylic acid groups (broad SMARTS) is 1. The van der Waals surface area contributed by atoms with Crippen molar-refractivity contribution in [3.05, 3.63) is 83.2 Å². The number of fused-ring (bicyclic) bond motifs is 3. The topological polar surface area (TPSA) is 122 Å². The molecule has 0 saturated heterocycles. The molecule has 166 valence electrons. The van der Waals surface area contributed by atoms with Crippen LogP contribution in [0.15, 0.2) is 60.8 Å². The van der Waals surface area contributed by atoms with Gasteiger partial charge in [0.2, 0.25) is 0 Å². The van der Waals surface area contributed by atoms with Gasteiger partial charge >= 0.3 is 12.1 Å². The Morgan fingerprint density at radius 2 is 1.79 bits per heavy atom. The minimum absolute atomic E-state index is 0.0470. The fourth-order valence-corrected chi connectivity index (χ4v) is 4.05. The molecule has 1 aliphatic rings. The lowest BCUT2D eigenvalue weighted by atomic mass is 9.98. The van der Waals surface area contributed by atoms with Crippen LogP contribution in [0.25, 0.3) is 11.1 Å². The Labute approximate surface area is 190 Å². The van der Waals surface area contributed by atoms with Crippen LogP contribution < -0.4 is 10.1 Å². The predicted molar refractivity (Wildman–Crippen MR) is 119 cm³/mol. The van der Waals surface area contributed by atoms with Gasteiger partial charge in [0.15, 0.2) is 11.4 Å². The van der Waals surface area contributed by atoms with Crippen LogP contribution >= 0.6 is 0 Å². The van der Waals surface area contributed by atoms with E-state index >= 15 is 0 Å². The molecule has 2 aromatic carbocycles. The van der Waals surface area contributed by atoms with Gasteiger partial charge in [0, 0.05) is 18.5 Å². The Hall–Kier alpha value is -4.38. The number of benzene rings is 2. The number of aliphatic carboxylic acids is 1. The van der Waals surface area contributed by atoms with Gasteiger partial charge in [-0.3, -0.25) is 0 Å². The highest BCUT2D eigenvalue weighted by Crippen LogP contribution is 2.44. The van der Waals surface area contributed by atoms with Gasteiger partial charge < -0.3 is 19.9 Å². The summed E-state index contributed by atoms with van der Waals surface area (Å²) >= 11 is 0. The SMILES string of the molecule is COc1cc(CC(NC(=O)OCC2c3ccccc3-c3ccccc32)C(=O)O)cnc1C#N. The summed E-state index contributed by atoms with van der Waals surface area (Å²) in [6.07, 6.45) is 0.517. The molecular formula is C25H21N3O5. The summed E-state index contributed by atoms with van der Waals surface area (Å²) in [7, 11) is 1.39. The molecule has 1 atom stereocenters. The summed E-state index contributed by atoms with van der Waals surface area (Å²) in [5.74, 6) is -1.11. The molecule has 0 radical (unpaired) electrons. The van der Waals surface area contributed by atoms with Crippen molar-refractivity contribution in [3.8, 4) is 22.9 Å². The number of nitrogens with zero attached hydrogens (tertiary/aromatic N) is 2. The highest BCUT2D eigenvalue weighted by Gasteiger charge is 2.30. The van der Waals surface area contributed by atoms with E-state index in [0.717, 1.165) is 22.3 Å². The average molecular weight is 443 g/mol. The molecule has 1 amide bonds. The minimum atomic E-state index is -1.24. The molecule has 1 heterocycles. The van der Waals surface area contributed by atoms with Crippen LogP contribution in [0.4, 0.5) is 4.79 Å². The number of ether oxygens (including phenoxy) is 2. The molecular weight excluding hydrogens is 422 g/mol. The first-order valence-electron chi connectivity index (χ1n) is 10.3. The van der Waals surface area contributed by atoms with Crippen molar-refractivity contribution in [1.82, 2.24) is 10.3 Å². The first kappa shape index (κ1) is 21.8. The Balaban J connectivity index is 1.43. The summed E-state index contributed by atoms with van der Waals surface area (Å²) < 4.78 is 10.6. The van der Waals surface area contributed by atoms with E-state index in [1.807, 2.05) is 54.6 Å². The number of amides is 1. The third-order valence-electron chi connectivity index (χ3n) is 5.61. The van der Waals surface area contributed by atoms with E-state index in [1.54, 1.807) is 0 Å². The van der Waals surface area contributed by atoms with Crippen LogP contribution in [0.3, 0.4) is 0 Å². The second-order valence-electron chi connectivity index (χ2n) is 7.57. The van der Waals surface area contributed by atoms with E-state index < -0.39 is 18.1 Å². The number of carbonyl (C=O) groups excluding carboxylic acids is 1. The molecule has 1 aliphatic carbocycles. The molecule has 0 saturated carbocycles. The molecule has 1 unspecified atom stereocenters. The third kappa shape index (κ3) is 4.48. The molecule has 1 aromatic heterocycles. The van der Waals surface area contributed by atoms with Gasteiger partial charge in [-0.2, -0.15) is 5.26 Å². The number of hydrogen-bond acceptors (Lipinski definition) is 6. The third-order valence-corrected chi connectivity index (χ3v) is 5.61. The number of methoxy groups -OCH3 is 1. The molecule has 4 rings (SSSR count). The van der Waals surface area contributed by atoms with Crippen LogP contribution in [-0.4, -0.2) is 41.9 Å². The summed E-state index contributed by atoms with van der Waals surface area (Å²) in [6.45, 7) is 0.0818. The maximum absolute atomic E-state index is 12.5. The molecule has 0 fully saturated rings. The molecule has 0 bridgehead atoms. The Morgan fingerprint density at radius 3 is 2.36 bits per heavy atom. The fourth-order valence-electron chi connectivity index (χ4n) is 4.05. The van der Waals surface area contributed by atoms with Crippen LogP contribution in [0.2, 0.25) is 0 Å². The summed E-state index contributed by atoms with van der Waals surface area (Å²) in [6, 6.07) is 18.1. The number of pyridine rings is 1.